The van der Waals surface area contributed by atoms with E-state index in [0.717, 1.165) is 11.1 Å². The van der Waals surface area contributed by atoms with Gasteiger partial charge >= 0.3 is 0 Å². The smallest absolute Gasteiger partial charge is 0.224 e. The Morgan fingerprint density at radius 2 is 2.43 bits per heavy atom. The van der Waals surface area contributed by atoms with Crippen LogP contribution in [0.5, 0.6) is 0 Å². The Kier molecular flexibility index (Phi) is 3.85. The lowest BCUT2D eigenvalue weighted by molar-refractivity contribution is -0.120. The second kappa shape index (κ2) is 5.17. The molecule has 1 amide bonds. The molecule has 0 aromatic carbocycles. The molecule has 1 aromatic rings. The van der Waals surface area contributed by atoms with Gasteiger partial charge in [-0.25, -0.2) is 0 Å². The number of amides is 1. The highest BCUT2D eigenvalue weighted by atomic mass is 16.1. The van der Waals surface area contributed by atoms with Gasteiger partial charge in [-0.2, -0.15) is 0 Å². The van der Waals surface area contributed by atoms with Gasteiger partial charge in [-0.05, 0) is 18.6 Å². The van der Waals surface area contributed by atoms with Gasteiger partial charge in [0.05, 0.1) is 6.42 Å². The van der Waals surface area contributed by atoms with Gasteiger partial charge < -0.3 is 5.32 Å². The van der Waals surface area contributed by atoms with Crippen molar-refractivity contribution in [1.29, 1.82) is 0 Å². The molecule has 74 valence electrons. The van der Waals surface area contributed by atoms with Crippen LogP contribution in [-0.2, 0) is 11.2 Å². The SMILES string of the molecule is C=C(C)CNC(=O)Cc1cccnc1. The van der Waals surface area contributed by atoms with Crippen LogP contribution in [0.3, 0.4) is 0 Å². The van der Waals surface area contributed by atoms with Gasteiger partial charge in [-0.1, -0.05) is 18.2 Å². The van der Waals surface area contributed by atoms with Crippen molar-refractivity contribution in [3.63, 3.8) is 0 Å². The molecule has 1 N–H and O–H groups in total. The Balaban J connectivity index is 2.38. The first-order chi connectivity index (χ1) is 6.68. The van der Waals surface area contributed by atoms with Gasteiger partial charge in [-0.15, -0.1) is 0 Å². The summed E-state index contributed by atoms with van der Waals surface area (Å²) in [7, 11) is 0. The maximum absolute atomic E-state index is 11.3. The van der Waals surface area contributed by atoms with E-state index < -0.39 is 0 Å². The quantitative estimate of drug-likeness (QED) is 0.727. The molecule has 3 nitrogen and oxygen atoms in total. The van der Waals surface area contributed by atoms with Crippen LogP contribution in [-0.4, -0.2) is 17.4 Å². The monoisotopic (exact) mass is 190 g/mol. The summed E-state index contributed by atoms with van der Waals surface area (Å²) >= 11 is 0. The molecular formula is C11H14N2O. The van der Waals surface area contributed by atoms with Crippen molar-refractivity contribution in [3.05, 3.63) is 42.2 Å². The standard InChI is InChI=1S/C11H14N2O/c1-9(2)7-13-11(14)6-10-4-3-5-12-8-10/h3-5,8H,1,6-7H2,2H3,(H,13,14). The molecule has 1 heterocycles. The summed E-state index contributed by atoms with van der Waals surface area (Å²) in [4.78, 5) is 15.3. The molecule has 0 bridgehead atoms. The van der Waals surface area contributed by atoms with Crippen LogP contribution in [0.4, 0.5) is 0 Å². The van der Waals surface area contributed by atoms with E-state index in [0.29, 0.717) is 13.0 Å². The first kappa shape index (κ1) is 10.4. The van der Waals surface area contributed by atoms with E-state index in [1.807, 2.05) is 19.1 Å². The number of hydrogen-bond donors (Lipinski definition) is 1. The van der Waals surface area contributed by atoms with E-state index in [1.54, 1.807) is 12.4 Å². The minimum Gasteiger partial charge on any atom is -0.352 e. The minimum absolute atomic E-state index is 0.000926. The minimum atomic E-state index is 0.000926. The summed E-state index contributed by atoms with van der Waals surface area (Å²) in [6.45, 7) is 6.13. The fourth-order valence-electron chi connectivity index (χ4n) is 1.00. The van der Waals surface area contributed by atoms with Crippen molar-refractivity contribution in [1.82, 2.24) is 10.3 Å². The van der Waals surface area contributed by atoms with Crippen molar-refractivity contribution >= 4 is 5.91 Å². The third-order valence-electron chi connectivity index (χ3n) is 1.67. The Morgan fingerprint density at radius 3 is 3.00 bits per heavy atom. The zero-order valence-corrected chi connectivity index (χ0v) is 8.29. The molecule has 1 aromatic heterocycles. The van der Waals surface area contributed by atoms with Crippen LogP contribution in [0.2, 0.25) is 0 Å². The summed E-state index contributed by atoms with van der Waals surface area (Å²) in [5.74, 6) is 0.000926. The zero-order chi connectivity index (χ0) is 10.4. The second-order valence-electron chi connectivity index (χ2n) is 3.27. The molecule has 0 fully saturated rings. The van der Waals surface area contributed by atoms with Crippen molar-refractivity contribution < 1.29 is 4.79 Å². The second-order valence-corrected chi connectivity index (χ2v) is 3.27. The maximum Gasteiger partial charge on any atom is 0.224 e. The highest BCUT2D eigenvalue weighted by molar-refractivity contribution is 5.78. The van der Waals surface area contributed by atoms with Crippen LogP contribution < -0.4 is 5.32 Å². The van der Waals surface area contributed by atoms with E-state index in [-0.39, 0.29) is 5.91 Å². The zero-order valence-electron chi connectivity index (χ0n) is 8.29. The number of rotatable bonds is 4. The molecule has 14 heavy (non-hydrogen) atoms. The van der Waals surface area contributed by atoms with Crippen molar-refractivity contribution in [2.24, 2.45) is 0 Å². The molecule has 0 saturated carbocycles. The highest BCUT2D eigenvalue weighted by Crippen LogP contribution is 1.96. The molecule has 3 heteroatoms. The van der Waals surface area contributed by atoms with Crippen LogP contribution >= 0.6 is 0 Å². The fraction of sp³-hybridized carbons (Fsp3) is 0.273. The van der Waals surface area contributed by atoms with Gasteiger partial charge in [0, 0.05) is 18.9 Å². The van der Waals surface area contributed by atoms with Crippen molar-refractivity contribution in [3.8, 4) is 0 Å². The highest BCUT2D eigenvalue weighted by Gasteiger charge is 2.01. The number of aromatic nitrogens is 1. The van der Waals surface area contributed by atoms with Gasteiger partial charge in [0.2, 0.25) is 5.91 Å². The van der Waals surface area contributed by atoms with Crippen LogP contribution in [0.15, 0.2) is 36.7 Å². The molecule has 0 aliphatic heterocycles. The third kappa shape index (κ3) is 3.85. The summed E-state index contributed by atoms with van der Waals surface area (Å²) in [5, 5.41) is 2.76. The predicted octanol–water partition coefficient (Wildman–Crippen LogP) is 1.32. The number of carbonyl (C=O) groups excluding carboxylic acids is 1. The van der Waals surface area contributed by atoms with E-state index >= 15 is 0 Å². The van der Waals surface area contributed by atoms with Crippen molar-refractivity contribution in [2.45, 2.75) is 13.3 Å². The van der Waals surface area contributed by atoms with Crippen molar-refractivity contribution in [2.75, 3.05) is 6.54 Å². The third-order valence-corrected chi connectivity index (χ3v) is 1.67. The van der Waals surface area contributed by atoms with E-state index in [4.69, 9.17) is 0 Å². The Morgan fingerprint density at radius 1 is 1.64 bits per heavy atom. The average molecular weight is 190 g/mol. The van der Waals surface area contributed by atoms with Gasteiger partial charge in [0.15, 0.2) is 0 Å². The van der Waals surface area contributed by atoms with E-state index in [1.165, 1.54) is 0 Å². The normalized spacial score (nSPS) is 9.50. The average Bonchev–Trinajstić information content (AvgIpc) is 2.16. The number of carbonyl (C=O) groups is 1. The molecule has 0 atom stereocenters. The number of hydrogen-bond acceptors (Lipinski definition) is 2. The summed E-state index contributed by atoms with van der Waals surface area (Å²) in [6.07, 6.45) is 3.76. The lowest BCUT2D eigenvalue weighted by atomic mass is 10.2. The number of nitrogens with zero attached hydrogens (tertiary/aromatic N) is 1. The topological polar surface area (TPSA) is 42.0 Å². The Labute approximate surface area is 83.9 Å². The molecule has 0 radical (unpaired) electrons. The first-order valence-corrected chi connectivity index (χ1v) is 4.48. The Hall–Kier alpha value is -1.64. The van der Waals surface area contributed by atoms with Crippen LogP contribution in [0.25, 0.3) is 0 Å². The molecule has 0 aliphatic carbocycles. The summed E-state index contributed by atoms with van der Waals surface area (Å²) in [5.41, 5.74) is 1.87. The van der Waals surface area contributed by atoms with Gasteiger partial charge in [-0.3, -0.25) is 9.78 Å². The number of nitrogens with one attached hydrogen (secondary N) is 1. The molecular weight excluding hydrogens is 176 g/mol. The lowest BCUT2D eigenvalue weighted by Gasteiger charge is -2.03. The largest absolute Gasteiger partial charge is 0.352 e. The summed E-state index contributed by atoms with van der Waals surface area (Å²) in [6, 6.07) is 3.70. The van der Waals surface area contributed by atoms with Crippen LogP contribution in [0.1, 0.15) is 12.5 Å². The first-order valence-electron chi connectivity index (χ1n) is 4.48. The fourth-order valence-corrected chi connectivity index (χ4v) is 1.00. The van der Waals surface area contributed by atoms with E-state index in [2.05, 4.69) is 16.9 Å². The molecule has 1 rings (SSSR count). The molecule has 0 aliphatic rings. The summed E-state index contributed by atoms with van der Waals surface area (Å²) < 4.78 is 0. The maximum atomic E-state index is 11.3. The lowest BCUT2D eigenvalue weighted by Crippen LogP contribution is -2.26. The molecule has 0 saturated heterocycles. The van der Waals surface area contributed by atoms with Crippen LogP contribution in [0, 0.1) is 0 Å². The predicted molar refractivity (Wildman–Crippen MR) is 55.8 cm³/mol. The molecule has 0 spiro atoms. The number of pyridine rings is 1. The van der Waals surface area contributed by atoms with Gasteiger partial charge in [0.1, 0.15) is 0 Å². The molecule has 0 unspecified atom stereocenters. The Bertz CT molecular complexity index is 319. The van der Waals surface area contributed by atoms with Gasteiger partial charge in [0.25, 0.3) is 0 Å². The van der Waals surface area contributed by atoms with E-state index in [9.17, 15) is 4.79 Å².